The predicted octanol–water partition coefficient (Wildman–Crippen LogP) is 2.67. The predicted molar refractivity (Wildman–Crippen MR) is 64.3 cm³/mol. The average molecular weight is 221 g/mol. The number of hydrogen-bond acceptors (Lipinski definition) is 2. The molecule has 0 aromatic carbocycles. The van der Waals surface area contributed by atoms with Crippen LogP contribution in [0.2, 0.25) is 0 Å². The molecule has 1 heterocycles. The normalized spacial score (nSPS) is 38.4. The number of rotatable bonds is 1. The molecule has 2 saturated carbocycles. The molecule has 2 aliphatic carbocycles. The van der Waals surface area contributed by atoms with Crippen molar-refractivity contribution in [2.24, 2.45) is 11.3 Å². The highest BCUT2D eigenvalue weighted by Gasteiger charge is 2.44. The molecule has 0 aromatic heterocycles. The van der Waals surface area contributed by atoms with Gasteiger partial charge in [-0.05, 0) is 50.5 Å². The topological polar surface area (TPSA) is 29.1 Å². The lowest BCUT2D eigenvalue weighted by molar-refractivity contribution is -0.128. The lowest BCUT2D eigenvalue weighted by atomic mass is 9.66. The number of ketones is 1. The second-order valence-electron chi connectivity index (χ2n) is 6.19. The van der Waals surface area contributed by atoms with Crippen LogP contribution in [0.3, 0.4) is 0 Å². The quantitative estimate of drug-likeness (QED) is 0.737. The van der Waals surface area contributed by atoms with Crippen LogP contribution in [0.25, 0.3) is 0 Å². The van der Waals surface area contributed by atoms with E-state index in [2.05, 4.69) is 5.32 Å². The maximum Gasteiger partial charge on any atom is 0.137 e. The molecule has 1 aliphatic heterocycles. The van der Waals surface area contributed by atoms with E-state index in [0.29, 0.717) is 23.2 Å². The van der Waals surface area contributed by atoms with Gasteiger partial charge in [-0.2, -0.15) is 0 Å². The van der Waals surface area contributed by atoms with Gasteiger partial charge in [0.1, 0.15) is 5.78 Å². The van der Waals surface area contributed by atoms with Crippen molar-refractivity contribution in [1.29, 1.82) is 0 Å². The maximum atomic E-state index is 12.1. The Labute approximate surface area is 98.2 Å². The summed E-state index contributed by atoms with van der Waals surface area (Å²) >= 11 is 0. The van der Waals surface area contributed by atoms with E-state index in [1.165, 1.54) is 51.4 Å². The minimum Gasteiger partial charge on any atom is -0.313 e. The molecule has 2 nitrogen and oxygen atoms in total. The Kier molecular flexibility index (Phi) is 2.78. The summed E-state index contributed by atoms with van der Waals surface area (Å²) in [4.78, 5) is 12.1. The van der Waals surface area contributed by atoms with E-state index >= 15 is 0 Å². The fourth-order valence-electron chi connectivity index (χ4n) is 4.26. The van der Waals surface area contributed by atoms with Crippen molar-refractivity contribution in [3.63, 3.8) is 0 Å². The third-order valence-corrected chi connectivity index (χ3v) is 5.22. The number of carbonyl (C=O) groups excluding carboxylic acids is 1. The Morgan fingerprint density at radius 1 is 1.12 bits per heavy atom. The third kappa shape index (κ3) is 1.81. The fourth-order valence-corrected chi connectivity index (χ4v) is 4.26. The minimum atomic E-state index is 0.356. The zero-order valence-corrected chi connectivity index (χ0v) is 10.1. The Morgan fingerprint density at radius 2 is 1.94 bits per heavy atom. The van der Waals surface area contributed by atoms with Gasteiger partial charge < -0.3 is 5.32 Å². The first-order valence-corrected chi connectivity index (χ1v) is 7.05. The SMILES string of the molecule is O=C1CCC2(CCCC2)CC1C1CCCN1. The van der Waals surface area contributed by atoms with Crippen LogP contribution in [0.15, 0.2) is 0 Å². The summed E-state index contributed by atoms with van der Waals surface area (Å²) in [5.41, 5.74) is 0.572. The number of carbonyl (C=O) groups is 1. The molecule has 2 atom stereocenters. The van der Waals surface area contributed by atoms with Crippen molar-refractivity contribution < 1.29 is 4.79 Å². The summed E-state index contributed by atoms with van der Waals surface area (Å²) in [6, 6.07) is 0.519. The van der Waals surface area contributed by atoms with Crippen molar-refractivity contribution in [2.45, 2.75) is 63.8 Å². The highest BCUT2D eigenvalue weighted by atomic mass is 16.1. The number of Topliss-reactive ketones (excluding diaryl/α,β-unsaturated/α-hetero) is 1. The smallest absolute Gasteiger partial charge is 0.137 e. The molecular formula is C14H23NO. The van der Waals surface area contributed by atoms with Gasteiger partial charge in [0.05, 0.1) is 0 Å². The van der Waals surface area contributed by atoms with Gasteiger partial charge >= 0.3 is 0 Å². The minimum absolute atomic E-state index is 0.356. The van der Waals surface area contributed by atoms with Gasteiger partial charge in [0.25, 0.3) is 0 Å². The molecule has 0 amide bonds. The molecular weight excluding hydrogens is 198 g/mol. The molecule has 0 aromatic rings. The van der Waals surface area contributed by atoms with Crippen molar-refractivity contribution in [1.82, 2.24) is 5.32 Å². The first kappa shape index (κ1) is 10.8. The molecule has 3 rings (SSSR count). The fraction of sp³-hybridized carbons (Fsp3) is 0.929. The van der Waals surface area contributed by atoms with Gasteiger partial charge in [0, 0.05) is 18.4 Å². The second kappa shape index (κ2) is 4.14. The van der Waals surface area contributed by atoms with E-state index in [1.54, 1.807) is 0 Å². The van der Waals surface area contributed by atoms with Crippen LogP contribution in [0, 0.1) is 11.3 Å². The van der Waals surface area contributed by atoms with Crippen LogP contribution < -0.4 is 5.32 Å². The lowest BCUT2D eigenvalue weighted by Crippen LogP contribution is -2.42. The molecule has 3 aliphatic rings. The van der Waals surface area contributed by atoms with E-state index in [4.69, 9.17) is 0 Å². The molecule has 3 fully saturated rings. The van der Waals surface area contributed by atoms with E-state index < -0.39 is 0 Å². The van der Waals surface area contributed by atoms with Gasteiger partial charge in [-0.25, -0.2) is 0 Å². The molecule has 16 heavy (non-hydrogen) atoms. The standard InChI is InChI=1S/C14H23NO/c16-13-5-8-14(6-1-2-7-14)10-11(13)12-4-3-9-15-12/h11-12,15H,1-10H2. The zero-order valence-electron chi connectivity index (χ0n) is 10.1. The summed E-state index contributed by atoms with van der Waals surface area (Å²) in [7, 11) is 0. The molecule has 1 N–H and O–H groups in total. The third-order valence-electron chi connectivity index (χ3n) is 5.22. The largest absolute Gasteiger partial charge is 0.313 e. The molecule has 2 heteroatoms. The Morgan fingerprint density at radius 3 is 2.62 bits per heavy atom. The van der Waals surface area contributed by atoms with Crippen molar-refractivity contribution in [3.05, 3.63) is 0 Å². The summed E-state index contributed by atoms with van der Waals surface area (Å²) < 4.78 is 0. The van der Waals surface area contributed by atoms with Crippen LogP contribution in [-0.2, 0) is 4.79 Å². The van der Waals surface area contributed by atoms with Crippen LogP contribution in [0.4, 0.5) is 0 Å². The Hall–Kier alpha value is -0.370. The summed E-state index contributed by atoms with van der Waals surface area (Å²) in [5.74, 6) is 0.909. The second-order valence-corrected chi connectivity index (χ2v) is 6.19. The molecule has 2 unspecified atom stereocenters. The van der Waals surface area contributed by atoms with Gasteiger partial charge in [-0.15, -0.1) is 0 Å². The molecule has 1 saturated heterocycles. The highest BCUT2D eigenvalue weighted by molar-refractivity contribution is 5.82. The summed E-state index contributed by atoms with van der Waals surface area (Å²) in [5, 5.41) is 3.54. The number of nitrogens with one attached hydrogen (secondary N) is 1. The zero-order chi connectivity index (χ0) is 11.0. The Balaban J connectivity index is 1.73. The summed E-state index contributed by atoms with van der Waals surface area (Å²) in [6.07, 6.45) is 11.3. The molecule has 0 bridgehead atoms. The van der Waals surface area contributed by atoms with Gasteiger partial charge in [-0.1, -0.05) is 12.8 Å². The first-order valence-electron chi connectivity index (χ1n) is 7.05. The van der Waals surface area contributed by atoms with Gasteiger partial charge in [-0.3, -0.25) is 4.79 Å². The van der Waals surface area contributed by atoms with Crippen molar-refractivity contribution in [2.75, 3.05) is 6.54 Å². The van der Waals surface area contributed by atoms with Crippen molar-refractivity contribution >= 4 is 5.78 Å². The molecule has 1 spiro atoms. The van der Waals surface area contributed by atoms with Gasteiger partial charge in [0.15, 0.2) is 0 Å². The van der Waals surface area contributed by atoms with Crippen LogP contribution in [0.1, 0.15) is 57.8 Å². The Bertz CT molecular complexity index is 274. The van der Waals surface area contributed by atoms with E-state index in [9.17, 15) is 4.79 Å². The average Bonchev–Trinajstić information content (AvgIpc) is 2.94. The van der Waals surface area contributed by atoms with E-state index in [1.807, 2.05) is 0 Å². The van der Waals surface area contributed by atoms with Crippen LogP contribution in [-0.4, -0.2) is 18.4 Å². The van der Waals surface area contributed by atoms with E-state index in [0.717, 1.165) is 13.0 Å². The lowest BCUT2D eigenvalue weighted by Gasteiger charge is -2.39. The highest BCUT2D eigenvalue weighted by Crippen LogP contribution is 2.50. The van der Waals surface area contributed by atoms with Crippen LogP contribution in [0.5, 0.6) is 0 Å². The van der Waals surface area contributed by atoms with E-state index in [-0.39, 0.29) is 0 Å². The van der Waals surface area contributed by atoms with Crippen LogP contribution >= 0.6 is 0 Å². The maximum absolute atomic E-state index is 12.1. The molecule has 0 radical (unpaired) electrons. The van der Waals surface area contributed by atoms with Crippen molar-refractivity contribution in [3.8, 4) is 0 Å². The first-order chi connectivity index (χ1) is 7.79. The van der Waals surface area contributed by atoms with Gasteiger partial charge in [0.2, 0.25) is 0 Å². The summed E-state index contributed by atoms with van der Waals surface area (Å²) in [6.45, 7) is 1.13. The number of hydrogen-bond donors (Lipinski definition) is 1. The monoisotopic (exact) mass is 221 g/mol. The molecule has 90 valence electrons.